The SMILES string of the molecule is N#Cc1cc(-c2ccccc2)n(-c2ccc(Cl)cc2)n1. The van der Waals surface area contributed by atoms with Crippen LogP contribution in [-0.2, 0) is 0 Å². The second-order valence-corrected chi connectivity index (χ2v) is 4.72. The summed E-state index contributed by atoms with van der Waals surface area (Å²) in [6, 6.07) is 21.1. The van der Waals surface area contributed by atoms with Crippen LogP contribution in [0.5, 0.6) is 0 Å². The number of nitriles is 1. The average molecular weight is 280 g/mol. The van der Waals surface area contributed by atoms with Crippen molar-refractivity contribution in [2.24, 2.45) is 0 Å². The Balaban J connectivity index is 2.18. The summed E-state index contributed by atoms with van der Waals surface area (Å²) in [6.45, 7) is 0. The number of hydrogen-bond acceptors (Lipinski definition) is 2. The van der Waals surface area contributed by atoms with E-state index in [0.717, 1.165) is 16.9 Å². The number of nitrogens with zero attached hydrogens (tertiary/aromatic N) is 3. The second-order valence-electron chi connectivity index (χ2n) is 4.28. The van der Waals surface area contributed by atoms with Crippen LogP contribution in [0.4, 0.5) is 0 Å². The van der Waals surface area contributed by atoms with Gasteiger partial charge in [-0.25, -0.2) is 4.68 Å². The van der Waals surface area contributed by atoms with Crippen molar-refractivity contribution in [2.75, 3.05) is 0 Å². The van der Waals surface area contributed by atoms with Crippen LogP contribution < -0.4 is 0 Å². The van der Waals surface area contributed by atoms with E-state index < -0.39 is 0 Å². The smallest absolute Gasteiger partial charge is 0.163 e. The van der Waals surface area contributed by atoms with Crippen LogP contribution in [-0.4, -0.2) is 9.78 Å². The molecule has 0 aliphatic heterocycles. The molecule has 3 aromatic rings. The standard InChI is InChI=1S/C16H10ClN3/c17-13-6-8-15(9-7-13)20-16(10-14(11-18)19-20)12-4-2-1-3-5-12/h1-10H. The summed E-state index contributed by atoms with van der Waals surface area (Å²) in [5.74, 6) is 0. The molecule has 3 nitrogen and oxygen atoms in total. The molecule has 0 amide bonds. The van der Waals surface area contributed by atoms with Crippen LogP contribution in [0, 0.1) is 11.3 Å². The van der Waals surface area contributed by atoms with Gasteiger partial charge in [0.05, 0.1) is 11.4 Å². The maximum absolute atomic E-state index is 9.07. The first-order valence-electron chi connectivity index (χ1n) is 6.09. The molecule has 0 aliphatic carbocycles. The maximum Gasteiger partial charge on any atom is 0.163 e. The summed E-state index contributed by atoms with van der Waals surface area (Å²) in [7, 11) is 0. The van der Waals surface area contributed by atoms with Gasteiger partial charge in [-0.15, -0.1) is 0 Å². The third-order valence-corrected chi connectivity index (χ3v) is 3.22. The predicted molar refractivity (Wildman–Crippen MR) is 78.7 cm³/mol. The summed E-state index contributed by atoms with van der Waals surface area (Å²) < 4.78 is 1.75. The zero-order valence-electron chi connectivity index (χ0n) is 10.5. The van der Waals surface area contributed by atoms with Gasteiger partial charge >= 0.3 is 0 Å². The first kappa shape index (κ1) is 12.5. The van der Waals surface area contributed by atoms with Gasteiger partial charge in [0.25, 0.3) is 0 Å². The van der Waals surface area contributed by atoms with E-state index in [2.05, 4.69) is 11.2 Å². The van der Waals surface area contributed by atoms with Crippen LogP contribution in [0.3, 0.4) is 0 Å². The van der Waals surface area contributed by atoms with Gasteiger partial charge < -0.3 is 0 Å². The topological polar surface area (TPSA) is 41.6 Å². The number of halogens is 1. The first-order chi connectivity index (χ1) is 9.78. The first-order valence-corrected chi connectivity index (χ1v) is 6.47. The average Bonchev–Trinajstić information content (AvgIpc) is 2.93. The van der Waals surface area contributed by atoms with Crippen LogP contribution in [0.15, 0.2) is 60.7 Å². The number of aromatic nitrogens is 2. The van der Waals surface area contributed by atoms with Gasteiger partial charge in [-0.05, 0) is 24.3 Å². The lowest BCUT2D eigenvalue weighted by Gasteiger charge is -2.07. The quantitative estimate of drug-likeness (QED) is 0.710. The molecule has 0 spiro atoms. The highest BCUT2D eigenvalue weighted by Gasteiger charge is 2.11. The van der Waals surface area contributed by atoms with Gasteiger partial charge in [0.2, 0.25) is 0 Å². The minimum Gasteiger partial charge on any atom is -0.232 e. The summed E-state index contributed by atoms with van der Waals surface area (Å²) in [6.07, 6.45) is 0. The van der Waals surface area contributed by atoms with E-state index in [9.17, 15) is 0 Å². The number of benzene rings is 2. The molecule has 0 N–H and O–H groups in total. The van der Waals surface area contributed by atoms with Crippen molar-refractivity contribution in [3.8, 4) is 23.0 Å². The maximum atomic E-state index is 9.07. The second kappa shape index (κ2) is 5.20. The molecule has 96 valence electrons. The molecular formula is C16H10ClN3. The van der Waals surface area contributed by atoms with E-state index >= 15 is 0 Å². The lowest BCUT2D eigenvalue weighted by atomic mass is 10.1. The van der Waals surface area contributed by atoms with E-state index in [-0.39, 0.29) is 0 Å². The summed E-state index contributed by atoms with van der Waals surface area (Å²) in [5, 5.41) is 14.1. The van der Waals surface area contributed by atoms with Crippen LogP contribution >= 0.6 is 11.6 Å². The highest BCUT2D eigenvalue weighted by atomic mass is 35.5. The third-order valence-electron chi connectivity index (χ3n) is 2.96. The Morgan fingerprint density at radius 2 is 1.70 bits per heavy atom. The Hall–Kier alpha value is -2.57. The van der Waals surface area contributed by atoms with E-state index in [0.29, 0.717) is 10.7 Å². The van der Waals surface area contributed by atoms with Crippen molar-refractivity contribution in [1.82, 2.24) is 9.78 Å². The lowest BCUT2D eigenvalue weighted by molar-refractivity contribution is 0.880. The van der Waals surface area contributed by atoms with Gasteiger partial charge in [0.1, 0.15) is 6.07 Å². The molecule has 1 aromatic heterocycles. The van der Waals surface area contributed by atoms with Crippen LogP contribution in [0.1, 0.15) is 5.69 Å². The molecule has 3 rings (SSSR count). The number of hydrogen-bond donors (Lipinski definition) is 0. The molecule has 0 fully saturated rings. The highest BCUT2D eigenvalue weighted by Crippen LogP contribution is 2.24. The van der Waals surface area contributed by atoms with Crippen molar-refractivity contribution in [3.63, 3.8) is 0 Å². The van der Waals surface area contributed by atoms with Crippen molar-refractivity contribution in [3.05, 3.63) is 71.4 Å². The van der Waals surface area contributed by atoms with E-state index in [1.807, 2.05) is 42.5 Å². The molecule has 0 unspecified atom stereocenters. The Morgan fingerprint density at radius 3 is 2.35 bits per heavy atom. The van der Waals surface area contributed by atoms with Gasteiger partial charge in [-0.3, -0.25) is 0 Å². The lowest BCUT2D eigenvalue weighted by Crippen LogP contribution is -1.98. The van der Waals surface area contributed by atoms with Gasteiger partial charge in [-0.1, -0.05) is 41.9 Å². The fourth-order valence-corrected chi connectivity index (χ4v) is 2.16. The molecule has 20 heavy (non-hydrogen) atoms. The minimum atomic E-state index is 0.388. The Bertz CT molecular complexity index is 768. The largest absolute Gasteiger partial charge is 0.232 e. The summed E-state index contributed by atoms with van der Waals surface area (Å²) in [4.78, 5) is 0. The van der Waals surface area contributed by atoms with Crippen molar-refractivity contribution in [1.29, 1.82) is 5.26 Å². The molecule has 0 saturated heterocycles. The summed E-state index contributed by atoms with van der Waals surface area (Å²) in [5.41, 5.74) is 3.15. The van der Waals surface area contributed by atoms with E-state index in [4.69, 9.17) is 16.9 Å². The summed E-state index contributed by atoms with van der Waals surface area (Å²) >= 11 is 5.91. The van der Waals surface area contributed by atoms with Crippen LogP contribution in [0.25, 0.3) is 16.9 Å². The Labute approximate surface area is 121 Å². The van der Waals surface area contributed by atoms with Gasteiger partial charge in [0, 0.05) is 16.7 Å². The molecule has 1 heterocycles. The highest BCUT2D eigenvalue weighted by molar-refractivity contribution is 6.30. The molecular weight excluding hydrogens is 270 g/mol. The predicted octanol–water partition coefficient (Wildman–Crippen LogP) is 4.06. The fraction of sp³-hybridized carbons (Fsp3) is 0. The van der Waals surface area contributed by atoms with Crippen LogP contribution in [0.2, 0.25) is 5.02 Å². The molecule has 0 saturated carbocycles. The zero-order chi connectivity index (χ0) is 13.9. The molecule has 0 aliphatic rings. The fourth-order valence-electron chi connectivity index (χ4n) is 2.03. The van der Waals surface area contributed by atoms with Gasteiger partial charge in [0.15, 0.2) is 5.69 Å². The van der Waals surface area contributed by atoms with Crippen molar-refractivity contribution >= 4 is 11.6 Å². The molecule has 2 aromatic carbocycles. The van der Waals surface area contributed by atoms with E-state index in [1.54, 1.807) is 22.9 Å². The zero-order valence-corrected chi connectivity index (χ0v) is 11.2. The third kappa shape index (κ3) is 2.29. The normalized spacial score (nSPS) is 10.2. The van der Waals surface area contributed by atoms with Crippen molar-refractivity contribution in [2.45, 2.75) is 0 Å². The number of rotatable bonds is 2. The molecule has 0 radical (unpaired) electrons. The monoisotopic (exact) mass is 279 g/mol. The minimum absolute atomic E-state index is 0.388. The Morgan fingerprint density at radius 1 is 1.00 bits per heavy atom. The molecule has 4 heteroatoms. The molecule has 0 bridgehead atoms. The van der Waals surface area contributed by atoms with E-state index in [1.165, 1.54) is 0 Å². The van der Waals surface area contributed by atoms with Crippen molar-refractivity contribution < 1.29 is 0 Å². The van der Waals surface area contributed by atoms with Gasteiger partial charge in [-0.2, -0.15) is 10.4 Å². The molecule has 0 atom stereocenters. The Kier molecular flexibility index (Phi) is 3.24.